The number of carbonyl (C=O) groups excluding carboxylic acids is 2. The number of hydrogen-bond acceptors (Lipinski definition) is 3. The second-order valence-corrected chi connectivity index (χ2v) is 4.07. The average Bonchev–Trinajstić information content (AvgIpc) is 2.42. The van der Waals surface area contributed by atoms with Crippen molar-refractivity contribution in [2.24, 2.45) is 0 Å². The third-order valence-electron chi connectivity index (χ3n) is 2.61. The van der Waals surface area contributed by atoms with Crippen molar-refractivity contribution < 1.29 is 19.3 Å². The van der Waals surface area contributed by atoms with E-state index in [2.05, 4.69) is 10.3 Å². The number of benzene rings is 1. The van der Waals surface area contributed by atoms with Gasteiger partial charge in [-0.15, -0.1) is 0 Å². The van der Waals surface area contributed by atoms with Gasteiger partial charge in [0.25, 0.3) is 5.91 Å². The fourth-order valence-electron chi connectivity index (χ4n) is 1.71. The molecule has 0 atom stereocenters. The molecule has 0 unspecified atom stereocenters. The number of ether oxygens (including phenoxy) is 1. The highest BCUT2D eigenvalue weighted by atomic mass is 16.5. The molecule has 0 saturated heterocycles. The molecule has 0 radical (unpaired) electrons. The zero-order valence-electron chi connectivity index (χ0n) is 10.6. The van der Waals surface area contributed by atoms with Crippen LogP contribution in [0.3, 0.4) is 0 Å². The molecule has 2 aromatic rings. The molecule has 0 bridgehead atoms. The molecule has 0 aliphatic rings. The maximum absolute atomic E-state index is 11.9. The maximum Gasteiger partial charge on any atom is 0.302 e. The summed E-state index contributed by atoms with van der Waals surface area (Å²) in [5.41, 5.74) is 1.51. The molecule has 2 rings (SSSR count). The van der Waals surface area contributed by atoms with Gasteiger partial charge in [0.05, 0.1) is 6.54 Å². The van der Waals surface area contributed by atoms with Gasteiger partial charge in [-0.25, -0.2) is 4.98 Å². The number of carbonyl (C=O) groups is 2. The standard InChI is InChI=1S/C14H14N2O3/c1-10(17)19-7-6-15-14(18)12-8-11-4-2-3-5-13(11)16-9-12/h2-5,8-9H,6-7H2,1H3,(H,15,18)/p+1. The molecule has 5 heteroatoms. The van der Waals surface area contributed by atoms with E-state index in [-0.39, 0.29) is 18.5 Å². The number of H-pyrrole nitrogens is 1. The van der Waals surface area contributed by atoms with Crippen molar-refractivity contribution in [3.63, 3.8) is 0 Å². The first-order valence-electron chi connectivity index (χ1n) is 5.99. The van der Waals surface area contributed by atoms with Crippen LogP contribution in [0.2, 0.25) is 0 Å². The van der Waals surface area contributed by atoms with E-state index in [0.717, 1.165) is 10.9 Å². The lowest BCUT2D eigenvalue weighted by molar-refractivity contribution is -0.344. The average molecular weight is 259 g/mol. The number of rotatable bonds is 4. The third-order valence-corrected chi connectivity index (χ3v) is 2.61. The van der Waals surface area contributed by atoms with Crippen LogP contribution in [0, 0.1) is 0 Å². The molecular weight excluding hydrogens is 244 g/mol. The summed E-state index contributed by atoms with van der Waals surface area (Å²) in [6.45, 7) is 1.81. The van der Waals surface area contributed by atoms with Crippen LogP contribution in [0.15, 0.2) is 36.5 Å². The predicted octanol–water partition coefficient (Wildman–Crippen LogP) is 0.947. The Morgan fingerprint density at radius 2 is 2.11 bits per heavy atom. The van der Waals surface area contributed by atoms with E-state index in [9.17, 15) is 9.59 Å². The van der Waals surface area contributed by atoms with E-state index in [1.807, 2.05) is 30.3 Å². The Morgan fingerprint density at radius 3 is 2.89 bits per heavy atom. The van der Waals surface area contributed by atoms with E-state index >= 15 is 0 Å². The van der Waals surface area contributed by atoms with Crippen LogP contribution in [0.1, 0.15) is 17.3 Å². The van der Waals surface area contributed by atoms with Crippen molar-refractivity contribution in [1.82, 2.24) is 5.32 Å². The van der Waals surface area contributed by atoms with Crippen molar-refractivity contribution in [1.29, 1.82) is 0 Å². The quantitative estimate of drug-likeness (QED) is 0.656. The van der Waals surface area contributed by atoms with Crippen LogP contribution >= 0.6 is 0 Å². The van der Waals surface area contributed by atoms with Gasteiger partial charge in [0.15, 0.2) is 6.20 Å². The number of fused-ring (bicyclic) bond motifs is 1. The Labute approximate surface area is 110 Å². The van der Waals surface area contributed by atoms with Crippen LogP contribution in [-0.4, -0.2) is 25.0 Å². The molecule has 98 valence electrons. The van der Waals surface area contributed by atoms with Gasteiger partial charge in [0.1, 0.15) is 12.2 Å². The minimum atomic E-state index is -0.353. The van der Waals surface area contributed by atoms with Gasteiger partial charge in [-0.05, 0) is 12.1 Å². The number of hydrogen-bond donors (Lipinski definition) is 1. The van der Waals surface area contributed by atoms with Gasteiger partial charge >= 0.3 is 5.97 Å². The van der Waals surface area contributed by atoms with Gasteiger partial charge in [-0.3, -0.25) is 9.59 Å². The summed E-state index contributed by atoms with van der Waals surface area (Å²) >= 11 is 0. The van der Waals surface area contributed by atoms with Crippen LogP contribution in [0.5, 0.6) is 0 Å². The van der Waals surface area contributed by atoms with Crippen molar-refractivity contribution in [3.8, 4) is 0 Å². The second kappa shape index (κ2) is 5.95. The highest BCUT2D eigenvalue weighted by Crippen LogP contribution is 2.09. The first-order valence-corrected chi connectivity index (χ1v) is 5.99. The lowest BCUT2D eigenvalue weighted by Crippen LogP contribution is -2.28. The molecule has 0 aliphatic heterocycles. The Kier molecular flexibility index (Phi) is 4.07. The van der Waals surface area contributed by atoms with E-state index in [4.69, 9.17) is 4.74 Å². The Bertz CT molecular complexity index is 610. The SMILES string of the molecule is CC(=O)OCCNC(=O)c1c[nH+]c2ccccc2c1. The van der Waals surface area contributed by atoms with Crippen molar-refractivity contribution in [2.75, 3.05) is 13.2 Å². The molecular formula is C14H15N2O3+. The summed E-state index contributed by atoms with van der Waals surface area (Å²) in [5.74, 6) is -0.553. The third kappa shape index (κ3) is 3.51. The molecule has 1 aromatic heterocycles. The van der Waals surface area contributed by atoms with E-state index < -0.39 is 0 Å². The van der Waals surface area contributed by atoms with Gasteiger partial charge in [-0.2, -0.15) is 0 Å². The molecule has 5 nitrogen and oxygen atoms in total. The summed E-state index contributed by atoms with van der Waals surface area (Å²) in [4.78, 5) is 25.5. The Morgan fingerprint density at radius 1 is 1.32 bits per heavy atom. The summed E-state index contributed by atoms with van der Waals surface area (Å²) in [6, 6.07) is 9.53. The number of nitrogens with one attached hydrogen (secondary N) is 2. The van der Waals surface area contributed by atoms with E-state index in [0.29, 0.717) is 12.1 Å². The number of amides is 1. The number of aromatic amines is 1. The summed E-state index contributed by atoms with van der Waals surface area (Å²) in [5, 5.41) is 3.65. The minimum Gasteiger partial charge on any atom is -0.464 e. The second-order valence-electron chi connectivity index (χ2n) is 4.07. The fourth-order valence-corrected chi connectivity index (χ4v) is 1.71. The van der Waals surface area contributed by atoms with E-state index in [1.54, 1.807) is 6.20 Å². The molecule has 0 fully saturated rings. The molecule has 19 heavy (non-hydrogen) atoms. The zero-order valence-corrected chi connectivity index (χ0v) is 10.6. The zero-order chi connectivity index (χ0) is 13.7. The number of esters is 1. The summed E-state index contributed by atoms with van der Waals surface area (Å²) < 4.78 is 4.74. The highest BCUT2D eigenvalue weighted by Gasteiger charge is 2.10. The van der Waals surface area contributed by atoms with Crippen LogP contribution < -0.4 is 10.3 Å². The van der Waals surface area contributed by atoms with Crippen molar-refractivity contribution >= 4 is 22.8 Å². The monoisotopic (exact) mass is 259 g/mol. The van der Waals surface area contributed by atoms with Crippen molar-refractivity contribution in [2.45, 2.75) is 6.92 Å². The van der Waals surface area contributed by atoms with Crippen LogP contribution in [0.25, 0.3) is 10.9 Å². The Balaban J connectivity index is 1.99. The predicted molar refractivity (Wildman–Crippen MR) is 69.5 cm³/mol. The smallest absolute Gasteiger partial charge is 0.302 e. The van der Waals surface area contributed by atoms with E-state index in [1.165, 1.54) is 6.92 Å². The molecule has 0 saturated carbocycles. The normalized spacial score (nSPS) is 10.2. The first-order chi connectivity index (χ1) is 9.16. The number of pyridine rings is 1. The molecule has 1 heterocycles. The molecule has 1 amide bonds. The van der Waals surface area contributed by atoms with Crippen LogP contribution in [0.4, 0.5) is 0 Å². The minimum absolute atomic E-state index is 0.179. The Hall–Kier alpha value is -2.43. The van der Waals surface area contributed by atoms with Crippen molar-refractivity contribution in [3.05, 3.63) is 42.1 Å². The van der Waals surface area contributed by atoms with Gasteiger partial charge < -0.3 is 10.1 Å². The first kappa shape index (κ1) is 13.0. The lowest BCUT2D eigenvalue weighted by atomic mass is 10.1. The molecule has 0 spiro atoms. The summed E-state index contributed by atoms with van der Waals surface area (Å²) in [7, 11) is 0. The number of para-hydroxylation sites is 1. The van der Waals surface area contributed by atoms with Gasteiger partial charge in [0.2, 0.25) is 5.52 Å². The van der Waals surface area contributed by atoms with Gasteiger partial charge in [-0.1, -0.05) is 12.1 Å². The topological polar surface area (TPSA) is 69.5 Å². The lowest BCUT2D eigenvalue weighted by Gasteiger charge is -2.04. The highest BCUT2D eigenvalue weighted by molar-refractivity contribution is 5.96. The maximum atomic E-state index is 11.9. The van der Waals surface area contributed by atoms with Gasteiger partial charge in [0, 0.05) is 18.4 Å². The summed E-state index contributed by atoms with van der Waals surface area (Å²) in [6.07, 6.45) is 1.66. The molecule has 0 aliphatic carbocycles. The van der Waals surface area contributed by atoms with Crippen LogP contribution in [-0.2, 0) is 9.53 Å². The largest absolute Gasteiger partial charge is 0.464 e. The fraction of sp³-hybridized carbons (Fsp3) is 0.214. The molecule has 1 aromatic carbocycles. The molecule has 2 N–H and O–H groups in total. The number of aromatic nitrogens is 1.